The second-order valence-corrected chi connectivity index (χ2v) is 6.31. The van der Waals surface area contributed by atoms with E-state index in [1.54, 1.807) is 0 Å². The monoisotopic (exact) mass is 332 g/mol. The van der Waals surface area contributed by atoms with Gasteiger partial charge in [-0.1, -0.05) is 91.0 Å². The van der Waals surface area contributed by atoms with E-state index in [2.05, 4.69) is 60.7 Å². The first-order valence-electron chi connectivity index (χ1n) is 8.70. The van der Waals surface area contributed by atoms with E-state index in [1.807, 2.05) is 36.4 Å². The number of aromatic nitrogens is 2. The molecule has 0 N–H and O–H groups in total. The normalized spacial score (nSPS) is 11.1. The highest BCUT2D eigenvalue weighted by Gasteiger charge is 2.14. The molecule has 1 heterocycles. The van der Waals surface area contributed by atoms with E-state index < -0.39 is 0 Å². The molecule has 0 aliphatic carbocycles. The van der Waals surface area contributed by atoms with Gasteiger partial charge in [-0.25, -0.2) is 9.97 Å². The van der Waals surface area contributed by atoms with Gasteiger partial charge >= 0.3 is 0 Å². The number of hydrogen-bond donors (Lipinski definition) is 0. The van der Waals surface area contributed by atoms with Crippen LogP contribution < -0.4 is 0 Å². The molecule has 0 bridgehead atoms. The Morgan fingerprint density at radius 3 is 1.73 bits per heavy atom. The van der Waals surface area contributed by atoms with Crippen molar-refractivity contribution in [3.05, 3.63) is 97.1 Å². The third kappa shape index (κ3) is 2.44. The minimum Gasteiger partial charge on any atom is -0.244 e. The van der Waals surface area contributed by atoms with Crippen molar-refractivity contribution < 1.29 is 0 Å². The lowest BCUT2D eigenvalue weighted by atomic mass is 10.0. The summed E-state index contributed by atoms with van der Waals surface area (Å²) >= 11 is 0. The molecule has 0 saturated carbocycles. The Labute approximate surface area is 151 Å². The van der Waals surface area contributed by atoms with Crippen LogP contribution in [-0.2, 0) is 0 Å². The summed E-state index contributed by atoms with van der Waals surface area (Å²) < 4.78 is 0. The molecule has 0 aliphatic heterocycles. The van der Waals surface area contributed by atoms with Crippen molar-refractivity contribution in [2.45, 2.75) is 0 Å². The fraction of sp³-hybridized carbons (Fsp3) is 0. The van der Waals surface area contributed by atoms with Crippen LogP contribution in [0.3, 0.4) is 0 Å². The predicted molar refractivity (Wildman–Crippen MR) is 108 cm³/mol. The van der Waals surface area contributed by atoms with Gasteiger partial charge in [0.25, 0.3) is 0 Å². The van der Waals surface area contributed by atoms with Crippen LogP contribution in [0.5, 0.6) is 0 Å². The average Bonchev–Trinajstić information content (AvgIpc) is 2.74. The molecule has 0 unspecified atom stereocenters. The zero-order valence-electron chi connectivity index (χ0n) is 14.1. The second kappa shape index (κ2) is 6.08. The maximum absolute atomic E-state index is 5.09. The molecule has 1 aromatic heterocycles. The number of nitrogens with zero attached hydrogens (tertiary/aromatic N) is 2. The lowest BCUT2D eigenvalue weighted by Gasteiger charge is -2.12. The average molecular weight is 332 g/mol. The van der Waals surface area contributed by atoms with Gasteiger partial charge in [-0.2, -0.15) is 0 Å². The van der Waals surface area contributed by atoms with Crippen molar-refractivity contribution in [3.63, 3.8) is 0 Å². The fourth-order valence-electron chi connectivity index (χ4n) is 3.38. The maximum atomic E-state index is 5.09. The third-order valence-corrected chi connectivity index (χ3v) is 4.65. The van der Waals surface area contributed by atoms with Crippen molar-refractivity contribution >= 4 is 21.8 Å². The van der Waals surface area contributed by atoms with E-state index in [0.29, 0.717) is 0 Å². The van der Waals surface area contributed by atoms with Gasteiger partial charge < -0.3 is 0 Å². The summed E-state index contributed by atoms with van der Waals surface area (Å²) in [4.78, 5) is 10.1. The number of fused-ring (bicyclic) bond motifs is 3. The smallest absolute Gasteiger partial charge is 0.0973 e. The van der Waals surface area contributed by atoms with Crippen molar-refractivity contribution in [1.29, 1.82) is 0 Å². The Morgan fingerprint density at radius 2 is 1.04 bits per heavy atom. The largest absolute Gasteiger partial charge is 0.244 e. The summed E-state index contributed by atoms with van der Waals surface area (Å²) in [5.74, 6) is 0. The van der Waals surface area contributed by atoms with Crippen molar-refractivity contribution in [2.24, 2.45) is 0 Å². The Bertz CT molecular complexity index is 1210. The van der Waals surface area contributed by atoms with Gasteiger partial charge in [0.2, 0.25) is 0 Å². The number of hydrogen-bond acceptors (Lipinski definition) is 2. The summed E-state index contributed by atoms with van der Waals surface area (Å²) in [6, 6.07) is 33.1. The Kier molecular flexibility index (Phi) is 3.46. The molecular formula is C24H16N2. The minimum absolute atomic E-state index is 0.916. The van der Waals surface area contributed by atoms with Gasteiger partial charge in [0.1, 0.15) is 0 Å². The number of benzene rings is 4. The molecule has 0 atom stereocenters. The molecular weight excluding hydrogens is 316 g/mol. The SMILES string of the molecule is c1ccc(-c2nc3ccc4ccccc4c3nc2-c2ccccc2)cc1. The lowest BCUT2D eigenvalue weighted by Crippen LogP contribution is -1.96. The second-order valence-electron chi connectivity index (χ2n) is 6.31. The van der Waals surface area contributed by atoms with Crippen LogP contribution in [0.1, 0.15) is 0 Å². The Morgan fingerprint density at radius 1 is 0.462 bits per heavy atom. The van der Waals surface area contributed by atoms with Crippen molar-refractivity contribution in [1.82, 2.24) is 9.97 Å². The summed E-state index contributed by atoms with van der Waals surface area (Å²) in [5, 5.41) is 2.31. The topological polar surface area (TPSA) is 25.8 Å². The van der Waals surface area contributed by atoms with Crippen LogP contribution in [0.15, 0.2) is 97.1 Å². The first-order chi connectivity index (χ1) is 12.9. The highest BCUT2D eigenvalue weighted by Crippen LogP contribution is 2.33. The van der Waals surface area contributed by atoms with Gasteiger partial charge in [-0.05, 0) is 11.5 Å². The first-order valence-corrected chi connectivity index (χ1v) is 8.70. The third-order valence-electron chi connectivity index (χ3n) is 4.65. The van der Waals surface area contributed by atoms with Crippen molar-refractivity contribution in [2.75, 3.05) is 0 Å². The minimum atomic E-state index is 0.916. The van der Waals surface area contributed by atoms with Crippen LogP contribution in [0, 0.1) is 0 Å². The first kappa shape index (κ1) is 14.8. The molecule has 0 amide bonds. The van der Waals surface area contributed by atoms with Gasteiger partial charge in [0.05, 0.1) is 22.4 Å². The van der Waals surface area contributed by atoms with Crippen LogP contribution in [0.4, 0.5) is 0 Å². The summed E-state index contributed by atoms with van der Waals surface area (Å²) in [6.45, 7) is 0. The number of rotatable bonds is 2. The van der Waals surface area contributed by atoms with E-state index in [1.165, 1.54) is 5.39 Å². The summed E-state index contributed by atoms with van der Waals surface area (Å²) in [7, 11) is 0. The molecule has 2 heteroatoms. The predicted octanol–water partition coefficient (Wildman–Crippen LogP) is 6.12. The standard InChI is InChI=1S/C24H16N2/c1-3-10-18(11-4-1)22-23(19-12-5-2-6-13-19)26-24-20-14-8-7-9-17(20)15-16-21(24)25-22/h1-16H. The van der Waals surface area contributed by atoms with Crippen LogP contribution in [0.2, 0.25) is 0 Å². The van der Waals surface area contributed by atoms with Gasteiger partial charge in [0, 0.05) is 16.5 Å². The van der Waals surface area contributed by atoms with Crippen molar-refractivity contribution in [3.8, 4) is 22.5 Å². The maximum Gasteiger partial charge on any atom is 0.0973 e. The summed E-state index contributed by atoms with van der Waals surface area (Å²) in [5.41, 5.74) is 5.85. The van der Waals surface area contributed by atoms with Gasteiger partial charge in [-0.15, -0.1) is 0 Å². The van der Waals surface area contributed by atoms with E-state index >= 15 is 0 Å². The highest BCUT2D eigenvalue weighted by atomic mass is 14.8. The molecule has 0 aliphatic rings. The molecule has 0 radical (unpaired) electrons. The van der Waals surface area contributed by atoms with E-state index in [4.69, 9.17) is 9.97 Å². The van der Waals surface area contributed by atoms with Gasteiger partial charge in [0.15, 0.2) is 0 Å². The molecule has 4 aromatic carbocycles. The molecule has 0 saturated heterocycles. The highest BCUT2D eigenvalue weighted by molar-refractivity contribution is 6.05. The van der Waals surface area contributed by atoms with E-state index in [0.717, 1.165) is 38.9 Å². The molecule has 26 heavy (non-hydrogen) atoms. The van der Waals surface area contributed by atoms with Crippen LogP contribution in [-0.4, -0.2) is 9.97 Å². The van der Waals surface area contributed by atoms with E-state index in [-0.39, 0.29) is 0 Å². The fourth-order valence-corrected chi connectivity index (χ4v) is 3.38. The van der Waals surface area contributed by atoms with Crippen LogP contribution in [0.25, 0.3) is 44.3 Å². The van der Waals surface area contributed by atoms with Gasteiger partial charge in [-0.3, -0.25) is 0 Å². The lowest BCUT2D eigenvalue weighted by molar-refractivity contribution is 1.30. The zero-order valence-corrected chi connectivity index (χ0v) is 14.1. The summed E-state index contributed by atoms with van der Waals surface area (Å²) in [6.07, 6.45) is 0. The Hall–Kier alpha value is -3.52. The molecule has 5 aromatic rings. The molecule has 0 spiro atoms. The van der Waals surface area contributed by atoms with Crippen LogP contribution >= 0.6 is 0 Å². The molecule has 5 rings (SSSR count). The Balaban J connectivity index is 1.90. The zero-order chi connectivity index (χ0) is 17.3. The van der Waals surface area contributed by atoms with E-state index in [9.17, 15) is 0 Å². The molecule has 122 valence electrons. The quantitative estimate of drug-likeness (QED) is 0.364. The molecule has 2 nitrogen and oxygen atoms in total. The molecule has 0 fully saturated rings.